The quantitative estimate of drug-likeness (QED) is 0.514. The van der Waals surface area contributed by atoms with Gasteiger partial charge in [0.1, 0.15) is 5.69 Å². The van der Waals surface area contributed by atoms with Gasteiger partial charge < -0.3 is 15.5 Å². The molecule has 0 spiro atoms. The molecule has 0 aromatic heterocycles. The second-order valence-corrected chi connectivity index (χ2v) is 4.17. The average Bonchev–Trinajstić information content (AvgIpc) is 2.35. The van der Waals surface area contributed by atoms with E-state index in [0.717, 1.165) is 0 Å². The van der Waals surface area contributed by atoms with Crippen LogP contribution in [0.15, 0.2) is 18.2 Å². The molecule has 0 fully saturated rings. The number of nitrogens with one attached hydrogen (secondary N) is 1. The first kappa shape index (κ1) is 14.9. The monoisotopic (exact) mass is 268 g/mol. The number of aromatic carboxylic acids is 1. The Morgan fingerprint density at radius 3 is 2.74 bits per heavy atom. The van der Waals surface area contributed by atoms with E-state index in [1.165, 1.54) is 18.2 Å². The SMILES string of the molecule is CC(CCCO)Nc1c(C(=O)O)cccc1[N+](=O)[O-]. The smallest absolute Gasteiger partial charge is 0.338 e. The third-order valence-corrected chi connectivity index (χ3v) is 2.66. The van der Waals surface area contributed by atoms with Crippen LogP contribution in [-0.4, -0.2) is 33.8 Å². The van der Waals surface area contributed by atoms with Crippen LogP contribution in [-0.2, 0) is 0 Å². The van der Waals surface area contributed by atoms with E-state index in [-0.39, 0.29) is 29.6 Å². The molecular weight excluding hydrogens is 252 g/mol. The Bertz CT molecular complexity index is 443. The highest BCUT2D eigenvalue weighted by Gasteiger charge is 2.22. The molecule has 0 heterocycles. The maximum absolute atomic E-state index is 11.1. The molecule has 1 unspecified atom stereocenters. The van der Waals surface area contributed by atoms with Crippen molar-refractivity contribution >= 4 is 17.3 Å². The summed E-state index contributed by atoms with van der Waals surface area (Å²) in [5.74, 6) is -1.22. The number of aliphatic hydroxyl groups excluding tert-OH is 1. The van der Waals surface area contributed by atoms with Gasteiger partial charge in [-0.2, -0.15) is 0 Å². The summed E-state index contributed by atoms with van der Waals surface area (Å²) < 4.78 is 0. The molecule has 0 aliphatic heterocycles. The lowest BCUT2D eigenvalue weighted by Crippen LogP contribution is -2.19. The second-order valence-electron chi connectivity index (χ2n) is 4.17. The molecule has 0 aliphatic carbocycles. The summed E-state index contributed by atoms with van der Waals surface area (Å²) in [7, 11) is 0. The molecule has 1 aromatic rings. The first-order valence-corrected chi connectivity index (χ1v) is 5.85. The van der Waals surface area contributed by atoms with Crippen LogP contribution in [0.25, 0.3) is 0 Å². The van der Waals surface area contributed by atoms with E-state index >= 15 is 0 Å². The van der Waals surface area contributed by atoms with Gasteiger partial charge in [-0.15, -0.1) is 0 Å². The number of aliphatic hydroxyl groups is 1. The predicted molar refractivity (Wildman–Crippen MR) is 69.5 cm³/mol. The van der Waals surface area contributed by atoms with Crippen molar-refractivity contribution in [2.24, 2.45) is 0 Å². The molecule has 0 bridgehead atoms. The average molecular weight is 268 g/mol. The number of nitro benzene ring substituents is 1. The molecule has 104 valence electrons. The van der Waals surface area contributed by atoms with E-state index in [1.807, 2.05) is 0 Å². The molecule has 0 radical (unpaired) electrons. The molecule has 1 aromatic carbocycles. The Morgan fingerprint density at radius 1 is 1.53 bits per heavy atom. The number of hydrogen-bond donors (Lipinski definition) is 3. The zero-order valence-electron chi connectivity index (χ0n) is 10.5. The van der Waals surface area contributed by atoms with Crippen LogP contribution in [0, 0.1) is 10.1 Å². The highest BCUT2D eigenvalue weighted by Crippen LogP contribution is 2.29. The first-order valence-electron chi connectivity index (χ1n) is 5.85. The molecule has 1 atom stereocenters. The number of hydrogen-bond acceptors (Lipinski definition) is 5. The third kappa shape index (κ3) is 3.92. The minimum Gasteiger partial charge on any atom is -0.478 e. The molecule has 7 nitrogen and oxygen atoms in total. The fourth-order valence-electron chi connectivity index (χ4n) is 1.74. The summed E-state index contributed by atoms with van der Waals surface area (Å²) in [6, 6.07) is 3.74. The third-order valence-electron chi connectivity index (χ3n) is 2.66. The van der Waals surface area contributed by atoms with Crippen molar-refractivity contribution in [3.8, 4) is 0 Å². The van der Waals surface area contributed by atoms with Crippen LogP contribution in [0.5, 0.6) is 0 Å². The topological polar surface area (TPSA) is 113 Å². The van der Waals surface area contributed by atoms with Gasteiger partial charge in [0.05, 0.1) is 10.5 Å². The number of carboxylic acids is 1. The molecule has 0 saturated heterocycles. The Kier molecular flexibility index (Phi) is 5.25. The van der Waals surface area contributed by atoms with Gasteiger partial charge >= 0.3 is 5.97 Å². The highest BCUT2D eigenvalue weighted by molar-refractivity contribution is 5.96. The Morgan fingerprint density at radius 2 is 2.21 bits per heavy atom. The number of anilines is 1. The van der Waals surface area contributed by atoms with E-state index in [0.29, 0.717) is 12.8 Å². The van der Waals surface area contributed by atoms with Crippen LogP contribution < -0.4 is 5.32 Å². The lowest BCUT2D eigenvalue weighted by molar-refractivity contribution is -0.384. The van der Waals surface area contributed by atoms with Crippen LogP contribution in [0.2, 0.25) is 0 Å². The fourth-order valence-corrected chi connectivity index (χ4v) is 1.74. The summed E-state index contributed by atoms with van der Waals surface area (Å²) in [4.78, 5) is 21.4. The molecule has 0 saturated carbocycles. The maximum Gasteiger partial charge on any atom is 0.338 e. The molecule has 1 rings (SSSR count). The van der Waals surface area contributed by atoms with Crippen molar-refractivity contribution < 1.29 is 19.9 Å². The largest absolute Gasteiger partial charge is 0.478 e. The van der Waals surface area contributed by atoms with Crippen molar-refractivity contribution in [2.45, 2.75) is 25.8 Å². The molecule has 0 aliphatic rings. The highest BCUT2D eigenvalue weighted by atomic mass is 16.6. The maximum atomic E-state index is 11.1. The second kappa shape index (κ2) is 6.69. The first-order chi connectivity index (χ1) is 8.97. The van der Waals surface area contributed by atoms with Crippen LogP contribution in [0.4, 0.5) is 11.4 Å². The van der Waals surface area contributed by atoms with Crippen molar-refractivity contribution in [3.63, 3.8) is 0 Å². The Hall–Kier alpha value is -2.15. The van der Waals surface area contributed by atoms with Gasteiger partial charge in [0, 0.05) is 18.7 Å². The van der Waals surface area contributed by atoms with E-state index in [1.54, 1.807) is 6.92 Å². The molecule has 7 heteroatoms. The lowest BCUT2D eigenvalue weighted by atomic mass is 10.1. The zero-order chi connectivity index (χ0) is 14.4. The van der Waals surface area contributed by atoms with Gasteiger partial charge in [-0.3, -0.25) is 10.1 Å². The van der Waals surface area contributed by atoms with Gasteiger partial charge in [-0.05, 0) is 25.8 Å². The summed E-state index contributed by atoms with van der Waals surface area (Å²) in [5, 5.41) is 31.6. The normalized spacial score (nSPS) is 11.9. The van der Waals surface area contributed by atoms with Crippen molar-refractivity contribution in [2.75, 3.05) is 11.9 Å². The summed E-state index contributed by atoms with van der Waals surface area (Å²) in [6.45, 7) is 1.80. The van der Waals surface area contributed by atoms with Crippen molar-refractivity contribution in [3.05, 3.63) is 33.9 Å². The van der Waals surface area contributed by atoms with Crippen LogP contribution in [0.1, 0.15) is 30.1 Å². The van der Waals surface area contributed by atoms with Gasteiger partial charge in [-0.25, -0.2) is 4.79 Å². The fraction of sp³-hybridized carbons (Fsp3) is 0.417. The molecule has 3 N–H and O–H groups in total. The number of nitrogens with zero attached hydrogens (tertiary/aromatic N) is 1. The zero-order valence-corrected chi connectivity index (χ0v) is 10.5. The Balaban J connectivity index is 3.07. The number of rotatable bonds is 7. The van der Waals surface area contributed by atoms with E-state index < -0.39 is 10.9 Å². The number of carboxylic acid groups (broad SMARTS) is 1. The van der Waals surface area contributed by atoms with E-state index in [9.17, 15) is 14.9 Å². The summed E-state index contributed by atoms with van der Waals surface area (Å²) in [6.07, 6.45) is 1.12. The van der Waals surface area contributed by atoms with Crippen molar-refractivity contribution in [1.29, 1.82) is 0 Å². The number of carbonyl (C=O) groups is 1. The van der Waals surface area contributed by atoms with Gasteiger partial charge in [0.25, 0.3) is 5.69 Å². The minimum absolute atomic E-state index is 0.00504. The molecule has 0 amide bonds. The summed E-state index contributed by atoms with van der Waals surface area (Å²) >= 11 is 0. The summed E-state index contributed by atoms with van der Waals surface area (Å²) in [5.41, 5.74) is -0.397. The standard InChI is InChI=1S/C12H16N2O5/c1-8(4-3-7-15)13-11-9(12(16)17)5-2-6-10(11)14(18)19/h2,5-6,8,13,15H,3-4,7H2,1H3,(H,16,17). The lowest BCUT2D eigenvalue weighted by Gasteiger charge is -2.16. The minimum atomic E-state index is -1.22. The van der Waals surface area contributed by atoms with E-state index in [2.05, 4.69) is 5.32 Å². The van der Waals surface area contributed by atoms with Crippen molar-refractivity contribution in [1.82, 2.24) is 0 Å². The van der Waals surface area contributed by atoms with Crippen LogP contribution in [0.3, 0.4) is 0 Å². The van der Waals surface area contributed by atoms with Gasteiger partial charge in [0.2, 0.25) is 0 Å². The predicted octanol–water partition coefficient (Wildman–Crippen LogP) is 1.87. The van der Waals surface area contributed by atoms with Gasteiger partial charge in [-0.1, -0.05) is 6.07 Å². The Labute approximate surface area is 110 Å². The van der Waals surface area contributed by atoms with E-state index in [4.69, 9.17) is 10.2 Å². The molecule has 19 heavy (non-hydrogen) atoms. The van der Waals surface area contributed by atoms with Gasteiger partial charge in [0.15, 0.2) is 0 Å². The number of benzene rings is 1. The molecular formula is C12H16N2O5. The number of nitro groups is 1. The van der Waals surface area contributed by atoms with Crippen LogP contribution >= 0.6 is 0 Å². The number of para-hydroxylation sites is 1.